The van der Waals surface area contributed by atoms with Gasteiger partial charge in [-0.3, -0.25) is 4.32 Å². The zero-order valence-electron chi connectivity index (χ0n) is 7.10. The molecule has 0 atom stereocenters. The van der Waals surface area contributed by atoms with E-state index in [9.17, 15) is 4.32 Å². The van der Waals surface area contributed by atoms with E-state index in [-0.39, 0.29) is 0 Å². The van der Waals surface area contributed by atoms with Crippen LogP contribution in [-0.4, -0.2) is 11.6 Å². The highest BCUT2D eigenvalue weighted by molar-refractivity contribution is 6.65. The van der Waals surface area contributed by atoms with Crippen LogP contribution in [0.5, 0.6) is 0 Å². The molecule has 0 unspecified atom stereocenters. The zero-order chi connectivity index (χ0) is 9.10. The Morgan fingerprint density at radius 1 is 0.923 bits per heavy atom. The van der Waals surface area contributed by atoms with Gasteiger partial charge in [0.05, 0.1) is 0 Å². The lowest BCUT2D eigenvalue weighted by Crippen LogP contribution is -2.32. The first-order valence-corrected chi connectivity index (χ1v) is 4.19. The molecular formula is C10H9BFN. The highest BCUT2D eigenvalue weighted by Crippen LogP contribution is 1.96. The summed E-state index contributed by atoms with van der Waals surface area (Å²) in [6.45, 7) is 0. The summed E-state index contributed by atoms with van der Waals surface area (Å²) in [6, 6.07) is 12.8. The Hall–Kier alpha value is -1.51. The van der Waals surface area contributed by atoms with Crippen LogP contribution >= 0.6 is 0 Å². The topological polar surface area (TPSA) is 4.93 Å². The fourth-order valence-electron chi connectivity index (χ4n) is 1.28. The maximum absolute atomic E-state index is 13.7. The molecule has 0 amide bonds. The summed E-state index contributed by atoms with van der Waals surface area (Å²) in [7, 11) is -1.07. The molecule has 0 aliphatic heterocycles. The number of hydrogen-bond donors (Lipinski definition) is 0. The lowest BCUT2D eigenvalue weighted by atomic mass is 9.77. The van der Waals surface area contributed by atoms with Crippen LogP contribution in [0.3, 0.4) is 0 Å². The normalized spacial score (nSPS) is 9.92. The van der Waals surface area contributed by atoms with Crippen molar-refractivity contribution in [3.8, 4) is 0 Å². The molecule has 13 heavy (non-hydrogen) atoms. The first-order valence-electron chi connectivity index (χ1n) is 4.19. The van der Waals surface area contributed by atoms with Crippen molar-refractivity contribution in [3.63, 3.8) is 0 Å². The van der Waals surface area contributed by atoms with Gasteiger partial charge in [0.1, 0.15) is 0 Å². The van der Waals surface area contributed by atoms with Gasteiger partial charge in [-0.25, -0.2) is 0 Å². The number of nitrogens with zero attached hydrogens (tertiary/aromatic N) is 1. The lowest BCUT2D eigenvalue weighted by molar-refractivity contribution is 0.810. The minimum absolute atomic E-state index is 0.679. The third kappa shape index (κ3) is 1.64. The number of benzene rings is 1. The van der Waals surface area contributed by atoms with E-state index < -0.39 is 7.12 Å². The standard InChI is InChI=1S/C10H9BFN/c12-11(13-8-4-5-9-13)10-6-2-1-3-7-10/h1-9H. The zero-order valence-corrected chi connectivity index (χ0v) is 7.10. The SMILES string of the molecule is FB(c1ccccc1)n1cccc1. The first-order chi connectivity index (χ1) is 6.38. The molecule has 0 saturated heterocycles. The number of rotatable bonds is 2. The van der Waals surface area contributed by atoms with Crippen molar-refractivity contribution >= 4 is 12.6 Å². The van der Waals surface area contributed by atoms with Gasteiger partial charge in [0.2, 0.25) is 0 Å². The predicted molar refractivity (Wildman–Crippen MR) is 52.8 cm³/mol. The third-order valence-corrected chi connectivity index (χ3v) is 1.96. The fraction of sp³-hybridized carbons (Fsp3) is 0. The van der Waals surface area contributed by atoms with Gasteiger partial charge >= 0.3 is 7.12 Å². The molecule has 0 N–H and O–H groups in total. The predicted octanol–water partition coefficient (Wildman–Crippen LogP) is 1.70. The van der Waals surface area contributed by atoms with Crippen LogP contribution in [0, 0.1) is 0 Å². The highest BCUT2D eigenvalue weighted by Gasteiger charge is 2.17. The second-order valence-corrected chi connectivity index (χ2v) is 2.88. The Bertz CT molecular complexity index is 358. The van der Waals surface area contributed by atoms with Crippen LogP contribution in [0.4, 0.5) is 4.32 Å². The third-order valence-electron chi connectivity index (χ3n) is 1.96. The van der Waals surface area contributed by atoms with Crippen LogP contribution in [0.1, 0.15) is 0 Å². The van der Waals surface area contributed by atoms with E-state index in [2.05, 4.69) is 0 Å². The molecule has 3 heteroatoms. The molecule has 0 saturated carbocycles. The molecule has 0 aliphatic carbocycles. The molecule has 2 aromatic rings. The second kappa shape index (κ2) is 3.48. The van der Waals surface area contributed by atoms with E-state index in [0.717, 1.165) is 0 Å². The van der Waals surface area contributed by atoms with E-state index in [1.807, 2.05) is 30.3 Å². The summed E-state index contributed by atoms with van der Waals surface area (Å²) in [6.07, 6.45) is 3.44. The van der Waals surface area contributed by atoms with Crippen molar-refractivity contribution in [1.82, 2.24) is 4.48 Å². The van der Waals surface area contributed by atoms with Crippen LogP contribution < -0.4 is 5.46 Å². The Labute approximate surface area is 77.0 Å². The van der Waals surface area contributed by atoms with E-state index in [0.29, 0.717) is 5.46 Å². The number of aromatic nitrogens is 1. The van der Waals surface area contributed by atoms with E-state index in [1.54, 1.807) is 24.5 Å². The molecular weight excluding hydrogens is 164 g/mol. The molecule has 1 aromatic carbocycles. The van der Waals surface area contributed by atoms with Gasteiger partial charge in [-0.15, -0.1) is 0 Å². The van der Waals surface area contributed by atoms with Crippen LogP contribution in [-0.2, 0) is 0 Å². The Balaban J connectivity index is 2.29. The van der Waals surface area contributed by atoms with Crippen LogP contribution in [0.2, 0.25) is 0 Å². The van der Waals surface area contributed by atoms with E-state index in [1.165, 1.54) is 4.48 Å². The summed E-state index contributed by atoms with van der Waals surface area (Å²) >= 11 is 0. The van der Waals surface area contributed by atoms with Crippen molar-refractivity contribution in [2.24, 2.45) is 0 Å². The maximum Gasteiger partial charge on any atom is 0.498 e. The molecule has 2 rings (SSSR count). The highest BCUT2D eigenvalue weighted by atomic mass is 19.1. The Morgan fingerprint density at radius 3 is 2.15 bits per heavy atom. The van der Waals surface area contributed by atoms with Crippen LogP contribution in [0.25, 0.3) is 0 Å². The van der Waals surface area contributed by atoms with E-state index in [4.69, 9.17) is 0 Å². The molecule has 1 heterocycles. The van der Waals surface area contributed by atoms with E-state index >= 15 is 0 Å². The van der Waals surface area contributed by atoms with Crippen molar-refractivity contribution in [1.29, 1.82) is 0 Å². The molecule has 0 spiro atoms. The maximum atomic E-state index is 13.7. The van der Waals surface area contributed by atoms with Crippen LogP contribution in [0.15, 0.2) is 54.9 Å². The molecule has 0 aliphatic rings. The van der Waals surface area contributed by atoms with Crippen molar-refractivity contribution in [2.75, 3.05) is 0 Å². The quantitative estimate of drug-likeness (QED) is 0.609. The fourth-order valence-corrected chi connectivity index (χ4v) is 1.28. The van der Waals surface area contributed by atoms with Crippen molar-refractivity contribution < 1.29 is 4.32 Å². The monoisotopic (exact) mass is 173 g/mol. The van der Waals surface area contributed by atoms with Crippen molar-refractivity contribution in [2.45, 2.75) is 0 Å². The largest absolute Gasteiger partial charge is 0.498 e. The summed E-state index contributed by atoms with van der Waals surface area (Å²) in [4.78, 5) is 0. The molecule has 64 valence electrons. The molecule has 0 fully saturated rings. The Kier molecular flexibility index (Phi) is 2.17. The lowest BCUT2D eigenvalue weighted by Gasteiger charge is -2.04. The average Bonchev–Trinajstić information content (AvgIpc) is 2.71. The summed E-state index contributed by atoms with van der Waals surface area (Å²) < 4.78 is 15.2. The molecule has 0 bridgehead atoms. The summed E-state index contributed by atoms with van der Waals surface area (Å²) in [5.41, 5.74) is 0.679. The van der Waals surface area contributed by atoms with Gasteiger partial charge in [0.25, 0.3) is 0 Å². The smallest absolute Gasteiger partial charge is 0.365 e. The molecule has 1 nitrogen and oxygen atoms in total. The number of hydrogen-bond acceptors (Lipinski definition) is 0. The van der Waals surface area contributed by atoms with Gasteiger partial charge in [-0.05, 0) is 30.0 Å². The summed E-state index contributed by atoms with van der Waals surface area (Å²) in [5, 5.41) is 0. The second-order valence-electron chi connectivity index (χ2n) is 2.88. The molecule has 1 aromatic heterocycles. The van der Waals surface area contributed by atoms with Gasteiger partial charge in [-0.2, -0.15) is 0 Å². The summed E-state index contributed by atoms with van der Waals surface area (Å²) in [5.74, 6) is 0. The minimum atomic E-state index is -1.07. The first kappa shape index (κ1) is 8.11. The Morgan fingerprint density at radius 2 is 1.54 bits per heavy atom. The average molecular weight is 173 g/mol. The van der Waals surface area contributed by atoms with Gasteiger partial charge < -0.3 is 4.48 Å². The van der Waals surface area contributed by atoms with Gasteiger partial charge in [0, 0.05) is 0 Å². The molecule has 0 radical (unpaired) electrons. The van der Waals surface area contributed by atoms with Crippen molar-refractivity contribution in [3.05, 3.63) is 54.9 Å². The van der Waals surface area contributed by atoms with Gasteiger partial charge in [0.15, 0.2) is 0 Å². The number of halogens is 1. The van der Waals surface area contributed by atoms with Gasteiger partial charge in [-0.1, -0.05) is 30.3 Å². The minimum Gasteiger partial charge on any atom is -0.365 e.